The molecule has 1 fully saturated rings. The second kappa shape index (κ2) is 8.33. The van der Waals surface area contributed by atoms with Crippen LogP contribution in [0.5, 0.6) is 0 Å². The van der Waals surface area contributed by atoms with Gasteiger partial charge < -0.3 is 9.47 Å². The minimum atomic E-state index is -4.97. The van der Waals surface area contributed by atoms with Crippen LogP contribution < -0.4 is 0 Å². The predicted molar refractivity (Wildman–Crippen MR) is 83.4 cm³/mol. The maximum atomic E-state index is 12.4. The van der Waals surface area contributed by atoms with E-state index in [1.165, 1.54) is 0 Å². The van der Waals surface area contributed by atoms with Crippen LogP contribution in [-0.4, -0.2) is 30.5 Å². The molecule has 1 aliphatic heterocycles. The smallest absolute Gasteiger partial charge is 0.456 e. The van der Waals surface area contributed by atoms with E-state index in [4.69, 9.17) is 4.74 Å². The molecule has 0 bridgehead atoms. The van der Waals surface area contributed by atoms with E-state index in [9.17, 15) is 18.0 Å². The molecule has 0 spiro atoms. The molecule has 0 aliphatic carbocycles. The van der Waals surface area contributed by atoms with Crippen molar-refractivity contribution in [1.82, 2.24) is 0 Å². The minimum absolute atomic E-state index is 0.241. The van der Waals surface area contributed by atoms with E-state index < -0.39 is 18.2 Å². The molecule has 1 aliphatic rings. The number of alkyl halides is 3. The van der Waals surface area contributed by atoms with E-state index in [2.05, 4.69) is 11.3 Å². The van der Waals surface area contributed by atoms with Gasteiger partial charge in [0.05, 0.1) is 12.2 Å². The van der Waals surface area contributed by atoms with Crippen LogP contribution in [0.25, 0.3) is 0 Å². The largest absolute Gasteiger partial charge is 0.490 e. The van der Waals surface area contributed by atoms with Crippen molar-refractivity contribution in [3.05, 3.63) is 48.6 Å². The Labute approximate surface area is 139 Å². The Morgan fingerprint density at radius 3 is 2.54 bits per heavy atom. The highest BCUT2D eigenvalue weighted by atomic mass is 19.4. The summed E-state index contributed by atoms with van der Waals surface area (Å²) in [6.07, 6.45) is -2.13. The van der Waals surface area contributed by atoms with Gasteiger partial charge in [-0.1, -0.05) is 36.4 Å². The molecule has 0 unspecified atom stereocenters. The molecule has 1 aromatic carbocycles. The van der Waals surface area contributed by atoms with Gasteiger partial charge in [0.2, 0.25) is 0 Å². The van der Waals surface area contributed by atoms with E-state index in [0.717, 1.165) is 12.0 Å². The highest BCUT2D eigenvalue weighted by Crippen LogP contribution is 2.29. The Hall–Kier alpha value is -1.82. The van der Waals surface area contributed by atoms with Crippen molar-refractivity contribution in [3.8, 4) is 0 Å². The number of ether oxygens (including phenoxy) is 2. The summed E-state index contributed by atoms with van der Waals surface area (Å²) in [4.78, 5) is 11.1. The predicted octanol–water partition coefficient (Wildman–Crippen LogP) is 4.22. The van der Waals surface area contributed by atoms with Crippen molar-refractivity contribution in [2.45, 2.75) is 56.6 Å². The third kappa shape index (κ3) is 5.67. The summed E-state index contributed by atoms with van der Waals surface area (Å²) in [7, 11) is 0. The van der Waals surface area contributed by atoms with Crippen LogP contribution in [0, 0.1) is 0 Å². The van der Waals surface area contributed by atoms with Crippen LogP contribution in [0.15, 0.2) is 43.0 Å². The number of halogens is 3. The lowest BCUT2D eigenvalue weighted by Crippen LogP contribution is -2.40. The van der Waals surface area contributed by atoms with E-state index in [1.807, 2.05) is 30.3 Å². The molecule has 0 N–H and O–H groups in total. The van der Waals surface area contributed by atoms with Crippen molar-refractivity contribution >= 4 is 5.97 Å². The van der Waals surface area contributed by atoms with Gasteiger partial charge in [-0.15, -0.1) is 6.58 Å². The number of esters is 1. The Morgan fingerprint density at radius 2 is 1.92 bits per heavy atom. The van der Waals surface area contributed by atoms with Gasteiger partial charge in [-0.3, -0.25) is 0 Å². The van der Waals surface area contributed by atoms with E-state index in [0.29, 0.717) is 12.8 Å². The first-order valence-electron chi connectivity index (χ1n) is 7.96. The van der Waals surface area contributed by atoms with Crippen LogP contribution in [0.2, 0.25) is 0 Å². The molecule has 1 saturated heterocycles. The maximum absolute atomic E-state index is 12.4. The van der Waals surface area contributed by atoms with Crippen LogP contribution in [0.1, 0.15) is 31.2 Å². The van der Waals surface area contributed by atoms with Gasteiger partial charge in [-0.25, -0.2) is 4.79 Å². The van der Waals surface area contributed by atoms with Gasteiger partial charge in [0, 0.05) is 12.8 Å². The van der Waals surface area contributed by atoms with Crippen molar-refractivity contribution in [2.24, 2.45) is 0 Å². The maximum Gasteiger partial charge on any atom is 0.490 e. The number of aryl methyl sites for hydroxylation is 1. The zero-order chi connectivity index (χ0) is 17.6. The number of carbonyl (C=O) groups excluding carboxylic acids is 1. The summed E-state index contributed by atoms with van der Waals surface area (Å²) < 4.78 is 47.7. The normalized spacial score (nSPS) is 24.4. The first kappa shape index (κ1) is 18.5. The number of rotatable bonds is 6. The van der Waals surface area contributed by atoms with E-state index in [1.54, 1.807) is 6.08 Å². The lowest BCUT2D eigenvalue weighted by Gasteiger charge is -2.35. The molecule has 0 saturated carbocycles. The number of carbonyl (C=O) groups is 1. The Bertz CT molecular complexity index is 542. The highest BCUT2D eigenvalue weighted by molar-refractivity contribution is 5.75. The summed E-state index contributed by atoms with van der Waals surface area (Å²) in [5, 5.41) is 0. The molecular formula is C18H21F3O3. The average Bonchev–Trinajstić information content (AvgIpc) is 2.53. The van der Waals surface area contributed by atoms with Crippen molar-refractivity contribution < 1.29 is 27.4 Å². The zero-order valence-electron chi connectivity index (χ0n) is 13.3. The van der Waals surface area contributed by atoms with Gasteiger partial charge in [0.1, 0.15) is 6.10 Å². The molecular weight excluding hydrogens is 321 g/mol. The average molecular weight is 342 g/mol. The molecule has 6 heteroatoms. The third-order valence-electron chi connectivity index (χ3n) is 3.97. The number of hydrogen-bond donors (Lipinski definition) is 0. The molecule has 0 radical (unpaired) electrons. The second-order valence-corrected chi connectivity index (χ2v) is 5.93. The van der Waals surface area contributed by atoms with E-state index >= 15 is 0 Å². The molecule has 0 aromatic heterocycles. The summed E-state index contributed by atoms with van der Waals surface area (Å²) in [5.74, 6) is -2.13. The van der Waals surface area contributed by atoms with Gasteiger partial charge in [0.25, 0.3) is 0 Å². The topological polar surface area (TPSA) is 35.5 Å². The fraction of sp³-hybridized carbons (Fsp3) is 0.500. The minimum Gasteiger partial charge on any atom is -0.456 e. The molecule has 1 aromatic rings. The molecule has 132 valence electrons. The summed E-state index contributed by atoms with van der Waals surface area (Å²) in [5.41, 5.74) is 1.13. The van der Waals surface area contributed by atoms with Gasteiger partial charge in [0.15, 0.2) is 0 Å². The zero-order valence-corrected chi connectivity index (χ0v) is 13.3. The van der Waals surface area contributed by atoms with Gasteiger partial charge in [-0.05, 0) is 24.8 Å². The summed E-state index contributed by atoms with van der Waals surface area (Å²) in [6.45, 7) is 3.63. The Balaban J connectivity index is 1.94. The van der Waals surface area contributed by atoms with Crippen LogP contribution in [0.4, 0.5) is 13.2 Å². The lowest BCUT2D eigenvalue weighted by atomic mass is 9.95. The molecule has 2 rings (SSSR count). The van der Waals surface area contributed by atoms with Crippen LogP contribution in [0.3, 0.4) is 0 Å². The molecule has 3 atom stereocenters. The van der Waals surface area contributed by atoms with Crippen molar-refractivity contribution in [1.29, 1.82) is 0 Å². The fourth-order valence-electron chi connectivity index (χ4n) is 2.88. The molecule has 1 heterocycles. The fourth-order valence-corrected chi connectivity index (χ4v) is 2.88. The lowest BCUT2D eigenvalue weighted by molar-refractivity contribution is -0.212. The third-order valence-corrected chi connectivity index (χ3v) is 3.97. The Morgan fingerprint density at radius 1 is 1.25 bits per heavy atom. The molecule has 3 nitrogen and oxygen atoms in total. The first-order chi connectivity index (χ1) is 11.4. The van der Waals surface area contributed by atoms with E-state index in [-0.39, 0.29) is 25.0 Å². The molecule has 24 heavy (non-hydrogen) atoms. The Kier molecular flexibility index (Phi) is 6.43. The van der Waals surface area contributed by atoms with Crippen LogP contribution >= 0.6 is 0 Å². The van der Waals surface area contributed by atoms with Crippen LogP contribution in [-0.2, 0) is 20.7 Å². The van der Waals surface area contributed by atoms with Gasteiger partial charge in [-0.2, -0.15) is 13.2 Å². The summed E-state index contributed by atoms with van der Waals surface area (Å²) in [6, 6.07) is 9.78. The van der Waals surface area contributed by atoms with Crippen molar-refractivity contribution in [2.75, 3.05) is 0 Å². The monoisotopic (exact) mass is 342 g/mol. The number of hydrogen-bond acceptors (Lipinski definition) is 3. The summed E-state index contributed by atoms with van der Waals surface area (Å²) >= 11 is 0. The molecule has 0 amide bonds. The quantitative estimate of drug-likeness (QED) is 0.574. The standard InChI is InChI=1S/C18H21F3O3/c1-2-6-14-11-16(24-17(22)18(19,20)21)12-15(23-14)10-9-13-7-4-3-5-8-13/h2-5,7-8,14-16H,1,6,9-12H2/t14-,15+,16+/m0/s1. The first-order valence-corrected chi connectivity index (χ1v) is 7.96. The van der Waals surface area contributed by atoms with Gasteiger partial charge >= 0.3 is 12.1 Å². The number of benzene rings is 1. The van der Waals surface area contributed by atoms with Crippen molar-refractivity contribution in [3.63, 3.8) is 0 Å². The second-order valence-electron chi connectivity index (χ2n) is 5.93. The SMILES string of the molecule is C=CC[C@H]1C[C@@H](OC(=O)C(F)(F)F)C[C@@H](CCc2ccccc2)O1. The highest BCUT2D eigenvalue weighted by Gasteiger charge is 2.43.